The summed E-state index contributed by atoms with van der Waals surface area (Å²) in [4.78, 5) is 18.3. The molecule has 0 amide bonds. The van der Waals surface area contributed by atoms with Crippen LogP contribution in [0.25, 0.3) is 0 Å². The van der Waals surface area contributed by atoms with Gasteiger partial charge in [-0.1, -0.05) is 0 Å². The number of rotatable bonds is 1. The van der Waals surface area contributed by atoms with Gasteiger partial charge >= 0.3 is 0 Å². The molecule has 0 unspecified atom stereocenters. The van der Waals surface area contributed by atoms with Crippen molar-refractivity contribution in [3.8, 4) is 0 Å². The van der Waals surface area contributed by atoms with Gasteiger partial charge in [0.1, 0.15) is 0 Å². The van der Waals surface area contributed by atoms with Crippen molar-refractivity contribution in [3.63, 3.8) is 0 Å². The molecule has 0 atom stereocenters. The number of carbonyl (C=O) groups excluding carboxylic acids is 1. The van der Waals surface area contributed by atoms with Gasteiger partial charge in [-0.15, -0.1) is 0 Å². The van der Waals surface area contributed by atoms with Crippen LogP contribution in [0.1, 0.15) is 20.8 Å². The maximum Gasteiger partial charge on any atom is 0.166 e. The first-order valence-electron chi connectivity index (χ1n) is 2.38. The Morgan fingerprint density at radius 1 is 1.50 bits per heavy atom. The summed E-state index contributed by atoms with van der Waals surface area (Å²) in [5, 5.41) is 7.95. The number of aliphatic carboxylic acids is 1. The second kappa shape index (κ2) is 11.9. The Morgan fingerprint density at radius 2 is 1.60 bits per heavy atom. The average molecular weight is 219 g/mol. The van der Waals surface area contributed by atoms with Crippen molar-refractivity contribution in [1.29, 1.82) is 0 Å². The van der Waals surface area contributed by atoms with E-state index < -0.39 is 5.97 Å². The van der Waals surface area contributed by atoms with Crippen LogP contribution in [-0.2, 0) is 42.3 Å². The van der Waals surface area contributed by atoms with Gasteiger partial charge in [0, 0.05) is 32.7 Å². The van der Waals surface area contributed by atoms with Crippen molar-refractivity contribution < 1.29 is 47.4 Å². The fraction of sp³-hybridized carbons (Fsp3) is 0.500. The minimum Gasteiger partial charge on any atom is -0.542 e. The molecule has 0 aliphatic rings. The molecule has 1 radical (unpaired) electrons. The summed E-state index contributed by atoms with van der Waals surface area (Å²) in [6, 6.07) is 0. The second-order valence-corrected chi connectivity index (χ2v) is 1.51. The van der Waals surface area contributed by atoms with E-state index in [1.165, 1.54) is 13.2 Å². The molecular weight excluding hydrogens is 209 g/mol. The Balaban J connectivity index is -0.000000107. The predicted molar refractivity (Wildman–Crippen MR) is 33.6 cm³/mol. The number of carbonyl (C=O) groups is 1. The molecule has 57 valence electrons. The van der Waals surface area contributed by atoms with Crippen molar-refractivity contribution in [2.75, 3.05) is 0 Å². The predicted octanol–water partition coefficient (Wildman–Crippen LogP) is 0.799. The Bertz CT molecular complexity index is 91.0. The zero-order valence-electron chi connectivity index (χ0n) is 6.34. The van der Waals surface area contributed by atoms with Crippen LogP contribution in [0.5, 0.6) is 0 Å². The van der Waals surface area contributed by atoms with Crippen molar-refractivity contribution in [2.24, 2.45) is 0 Å². The topological polar surface area (TPSA) is 54.4 Å². The van der Waals surface area contributed by atoms with Crippen LogP contribution in [0.3, 0.4) is 0 Å². The summed E-state index contributed by atoms with van der Waals surface area (Å²) in [6.45, 7) is 4.44. The Kier molecular flexibility index (Phi) is 19.7. The summed E-state index contributed by atoms with van der Waals surface area (Å²) < 4.78 is 0. The molecule has 4 heteroatoms. The molecule has 0 aromatic carbocycles. The molecule has 0 aliphatic heterocycles. The average Bonchev–Trinajstić information content (AvgIpc) is 1.68. The Morgan fingerprint density at radius 3 is 1.60 bits per heavy atom. The number of hydrogen-bond donors (Lipinski definition) is 1. The summed E-state index contributed by atoms with van der Waals surface area (Å²) >= 11 is 0. The molecule has 0 heterocycles. The smallest absolute Gasteiger partial charge is 0.166 e. The van der Waals surface area contributed by atoms with E-state index in [4.69, 9.17) is 9.90 Å². The van der Waals surface area contributed by atoms with Crippen LogP contribution in [0.2, 0.25) is 0 Å². The quantitative estimate of drug-likeness (QED) is 0.663. The van der Waals surface area contributed by atoms with Crippen molar-refractivity contribution >= 4 is 12.3 Å². The molecule has 0 rings (SSSR count). The summed E-state index contributed by atoms with van der Waals surface area (Å²) in [5.74, 6) is -0.398. The maximum absolute atomic E-state index is 9.66. The Labute approximate surface area is 86.1 Å². The standard InChI is InChI=1S/C4H7O2.C2H3O.Y/c1-3(2)4(5)6;1-2-3;/h1-2H3,(H,5,6);1H3;/q2*-1;. The SMILES string of the molecule is C[C-](C)C(=O)O.C[C-]=O.[Y]. The van der Waals surface area contributed by atoms with E-state index in [0.717, 1.165) is 0 Å². The Hall–Kier alpha value is 0.114. The van der Waals surface area contributed by atoms with Crippen molar-refractivity contribution in [3.05, 3.63) is 5.92 Å². The van der Waals surface area contributed by atoms with Gasteiger partial charge in [0.05, 0.1) is 0 Å². The van der Waals surface area contributed by atoms with Crippen LogP contribution < -0.4 is 0 Å². The normalized spacial score (nSPS) is 5.90. The molecule has 0 aliphatic carbocycles. The first-order chi connectivity index (χ1) is 4.06. The van der Waals surface area contributed by atoms with Gasteiger partial charge in [0.15, 0.2) is 5.97 Å². The molecule has 10 heavy (non-hydrogen) atoms. The van der Waals surface area contributed by atoms with Gasteiger partial charge in [0.25, 0.3) is 0 Å². The van der Waals surface area contributed by atoms with Gasteiger partial charge in [-0.05, 0) is 0 Å². The van der Waals surface area contributed by atoms with Gasteiger partial charge in [0.2, 0.25) is 0 Å². The van der Waals surface area contributed by atoms with Gasteiger partial charge in [-0.3, -0.25) is 17.0 Å². The van der Waals surface area contributed by atoms with Crippen LogP contribution in [0.4, 0.5) is 0 Å². The van der Waals surface area contributed by atoms with E-state index in [9.17, 15) is 4.79 Å². The third kappa shape index (κ3) is 24.3. The molecular formula is C6H10O3Y-2. The maximum atomic E-state index is 9.66. The van der Waals surface area contributed by atoms with Crippen LogP contribution in [0.15, 0.2) is 0 Å². The summed E-state index contributed by atoms with van der Waals surface area (Å²) in [6.07, 6.45) is 1.50. The molecule has 0 bridgehead atoms. The van der Waals surface area contributed by atoms with Crippen molar-refractivity contribution in [1.82, 2.24) is 0 Å². The number of hydrogen-bond acceptors (Lipinski definition) is 2. The van der Waals surface area contributed by atoms with Gasteiger partial charge in [-0.2, -0.15) is 20.8 Å². The van der Waals surface area contributed by atoms with E-state index >= 15 is 0 Å². The zero-order valence-corrected chi connectivity index (χ0v) is 9.18. The van der Waals surface area contributed by atoms with Crippen molar-refractivity contribution in [2.45, 2.75) is 20.8 Å². The van der Waals surface area contributed by atoms with Crippen LogP contribution >= 0.6 is 0 Å². The number of carboxylic acids is 1. The molecule has 0 saturated heterocycles. The largest absolute Gasteiger partial charge is 0.542 e. The third-order valence-corrected chi connectivity index (χ3v) is 0.428. The molecule has 0 spiro atoms. The minimum atomic E-state index is -0.824. The second-order valence-electron chi connectivity index (χ2n) is 1.51. The third-order valence-electron chi connectivity index (χ3n) is 0.428. The van der Waals surface area contributed by atoms with E-state index in [1.807, 2.05) is 0 Å². The number of carboxylic acid groups (broad SMARTS) is 1. The van der Waals surface area contributed by atoms with Gasteiger partial charge in [-0.25, -0.2) is 0 Å². The van der Waals surface area contributed by atoms with E-state index in [-0.39, 0.29) is 32.7 Å². The fourth-order valence-corrected chi connectivity index (χ4v) is 0. The van der Waals surface area contributed by atoms with E-state index in [1.54, 1.807) is 13.8 Å². The zero-order chi connectivity index (χ0) is 7.86. The molecule has 0 aromatic rings. The summed E-state index contributed by atoms with van der Waals surface area (Å²) in [7, 11) is 0. The van der Waals surface area contributed by atoms with Crippen LogP contribution in [-0.4, -0.2) is 17.4 Å². The molecule has 0 fully saturated rings. The molecule has 1 N–H and O–H groups in total. The van der Waals surface area contributed by atoms with Gasteiger partial charge < -0.3 is 9.90 Å². The minimum absolute atomic E-state index is 0. The monoisotopic (exact) mass is 219 g/mol. The fourth-order valence-electron chi connectivity index (χ4n) is 0. The molecule has 3 nitrogen and oxygen atoms in total. The summed E-state index contributed by atoms with van der Waals surface area (Å²) in [5.41, 5.74) is 0. The first kappa shape index (κ1) is 16.6. The van der Waals surface area contributed by atoms with E-state index in [2.05, 4.69) is 0 Å². The van der Waals surface area contributed by atoms with Crippen LogP contribution in [0, 0.1) is 5.92 Å². The molecule has 0 saturated carbocycles. The van der Waals surface area contributed by atoms with E-state index in [0.29, 0.717) is 5.92 Å². The first-order valence-corrected chi connectivity index (χ1v) is 2.38. The molecule has 0 aromatic heterocycles.